The summed E-state index contributed by atoms with van der Waals surface area (Å²) >= 11 is 0. The van der Waals surface area contributed by atoms with Crippen LogP contribution < -0.4 is 9.47 Å². The van der Waals surface area contributed by atoms with Gasteiger partial charge < -0.3 is 13.9 Å². The summed E-state index contributed by atoms with van der Waals surface area (Å²) in [6.45, 7) is 4.08. The molecule has 4 aromatic rings. The van der Waals surface area contributed by atoms with Crippen molar-refractivity contribution in [3.63, 3.8) is 0 Å². The van der Waals surface area contributed by atoms with E-state index in [1.165, 1.54) is 0 Å². The van der Waals surface area contributed by atoms with Crippen LogP contribution in [0.5, 0.6) is 11.5 Å². The van der Waals surface area contributed by atoms with Gasteiger partial charge in [0, 0.05) is 5.56 Å². The Balaban J connectivity index is 1.75. The SMILES string of the molecule is C=CCOc1ccc(C=C(C(=O)c2ccc(OC)cc2)c2nc3ccccc3o2)cc1. The number of hydrogen-bond acceptors (Lipinski definition) is 5. The van der Waals surface area contributed by atoms with Gasteiger partial charge in [0.1, 0.15) is 23.6 Å². The second-order valence-corrected chi connectivity index (χ2v) is 6.77. The smallest absolute Gasteiger partial charge is 0.231 e. The van der Waals surface area contributed by atoms with Crippen LogP contribution in [0.25, 0.3) is 22.7 Å². The highest BCUT2D eigenvalue weighted by Gasteiger charge is 2.20. The van der Waals surface area contributed by atoms with Crippen molar-refractivity contribution in [3.8, 4) is 11.5 Å². The summed E-state index contributed by atoms with van der Waals surface area (Å²) in [5.41, 5.74) is 3.02. The van der Waals surface area contributed by atoms with Crippen molar-refractivity contribution in [3.05, 3.63) is 102 Å². The molecule has 0 unspecified atom stereocenters. The third-order valence-corrected chi connectivity index (χ3v) is 4.68. The zero-order chi connectivity index (χ0) is 21.6. The van der Waals surface area contributed by atoms with E-state index in [0.717, 1.165) is 11.3 Å². The third kappa shape index (κ3) is 4.56. The molecule has 0 aliphatic carbocycles. The summed E-state index contributed by atoms with van der Waals surface area (Å²) in [6.07, 6.45) is 3.46. The van der Waals surface area contributed by atoms with Gasteiger partial charge in [0.05, 0.1) is 12.7 Å². The van der Waals surface area contributed by atoms with E-state index in [-0.39, 0.29) is 11.7 Å². The Bertz CT molecular complexity index is 1200. The molecule has 1 heterocycles. The maximum absolute atomic E-state index is 13.4. The van der Waals surface area contributed by atoms with Gasteiger partial charge in [0.15, 0.2) is 11.4 Å². The number of nitrogens with zero attached hydrogens (tertiary/aromatic N) is 1. The van der Waals surface area contributed by atoms with Crippen LogP contribution >= 0.6 is 0 Å². The van der Waals surface area contributed by atoms with E-state index in [0.29, 0.717) is 34.6 Å². The van der Waals surface area contributed by atoms with Crippen LogP contribution in [0, 0.1) is 0 Å². The summed E-state index contributed by atoms with van der Waals surface area (Å²) in [4.78, 5) is 17.9. The van der Waals surface area contributed by atoms with Crippen molar-refractivity contribution in [2.45, 2.75) is 0 Å². The molecule has 0 saturated heterocycles. The molecule has 31 heavy (non-hydrogen) atoms. The van der Waals surface area contributed by atoms with Gasteiger partial charge in [-0.3, -0.25) is 4.79 Å². The molecule has 0 saturated carbocycles. The minimum absolute atomic E-state index is 0.193. The average Bonchev–Trinajstić information content (AvgIpc) is 3.25. The number of para-hydroxylation sites is 2. The zero-order valence-electron chi connectivity index (χ0n) is 17.1. The quantitative estimate of drug-likeness (QED) is 0.208. The van der Waals surface area contributed by atoms with Crippen LogP contribution in [0.3, 0.4) is 0 Å². The number of ether oxygens (including phenoxy) is 2. The molecule has 3 aromatic carbocycles. The molecule has 0 radical (unpaired) electrons. The van der Waals surface area contributed by atoms with E-state index in [1.54, 1.807) is 43.5 Å². The fourth-order valence-electron chi connectivity index (χ4n) is 3.09. The number of carbonyl (C=O) groups is 1. The molecule has 0 fully saturated rings. The lowest BCUT2D eigenvalue weighted by atomic mass is 10.0. The Labute approximate surface area is 180 Å². The number of rotatable bonds is 8. The minimum atomic E-state index is -0.193. The van der Waals surface area contributed by atoms with Crippen LogP contribution in [0.4, 0.5) is 0 Å². The van der Waals surface area contributed by atoms with Crippen LogP contribution in [0.1, 0.15) is 21.8 Å². The summed E-state index contributed by atoms with van der Waals surface area (Å²) in [5.74, 6) is 1.48. The van der Waals surface area contributed by atoms with Gasteiger partial charge in [-0.25, -0.2) is 4.98 Å². The largest absolute Gasteiger partial charge is 0.497 e. The third-order valence-electron chi connectivity index (χ3n) is 4.68. The van der Waals surface area contributed by atoms with Gasteiger partial charge in [-0.15, -0.1) is 0 Å². The maximum atomic E-state index is 13.4. The molecule has 4 rings (SSSR count). The van der Waals surface area contributed by atoms with Crippen molar-refractivity contribution in [1.82, 2.24) is 4.98 Å². The Hall–Kier alpha value is -4.12. The first-order valence-electron chi connectivity index (χ1n) is 9.78. The highest BCUT2D eigenvalue weighted by Crippen LogP contribution is 2.27. The van der Waals surface area contributed by atoms with Crippen LogP contribution in [0.2, 0.25) is 0 Å². The molecular formula is C26H21NO4. The van der Waals surface area contributed by atoms with Crippen molar-refractivity contribution in [2.75, 3.05) is 13.7 Å². The van der Waals surface area contributed by atoms with Gasteiger partial charge in [-0.05, 0) is 60.2 Å². The monoisotopic (exact) mass is 411 g/mol. The first-order valence-corrected chi connectivity index (χ1v) is 9.78. The second-order valence-electron chi connectivity index (χ2n) is 6.77. The zero-order valence-corrected chi connectivity index (χ0v) is 17.1. The molecule has 0 N–H and O–H groups in total. The predicted molar refractivity (Wildman–Crippen MR) is 121 cm³/mol. The van der Waals surface area contributed by atoms with Crippen LogP contribution in [0.15, 0.2) is 89.9 Å². The van der Waals surface area contributed by atoms with Gasteiger partial charge in [-0.2, -0.15) is 0 Å². The Morgan fingerprint density at radius 2 is 1.71 bits per heavy atom. The molecule has 5 heteroatoms. The van der Waals surface area contributed by atoms with E-state index in [2.05, 4.69) is 11.6 Å². The molecular weight excluding hydrogens is 390 g/mol. The number of ketones is 1. The lowest BCUT2D eigenvalue weighted by Crippen LogP contribution is -2.03. The highest BCUT2D eigenvalue weighted by molar-refractivity contribution is 6.31. The number of fused-ring (bicyclic) bond motifs is 1. The van der Waals surface area contributed by atoms with Gasteiger partial charge in [0.25, 0.3) is 0 Å². The topological polar surface area (TPSA) is 61.6 Å². The molecule has 0 bridgehead atoms. The predicted octanol–water partition coefficient (Wildman–Crippen LogP) is 5.82. The number of benzene rings is 3. The summed E-state index contributed by atoms with van der Waals surface area (Å²) in [7, 11) is 1.59. The van der Waals surface area contributed by atoms with E-state index in [9.17, 15) is 4.79 Å². The van der Waals surface area contributed by atoms with E-state index in [4.69, 9.17) is 13.9 Å². The molecule has 0 spiro atoms. The van der Waals surface area contributed by atoms with Crippen molar-refractivity contribution in [2.24, 2.45) is 0 Å². The highest BCUT2D eigenvalue weighted by atomic mass is 16.5. The number of oxazole rings is 1. The normalized spacial score (nSPS) is 11.3. The number of allylic oxidation sites excluding steroid dienone is 1. The molecule has 5 nitrogen and oxygen atoms in total. The summed E-state index contributed by atoms with van der Waals surface area (Å²) in [6, 6.07) is 21.8. The lowest BCUT2D eigenvalue weighted by Gasteiger charge is -2.06. The number of carbonyl (C=O) groups excluding carboxylic acids is 1. The summed E-state index contributed by atoms with van der Waals surface area (Å²) in [5, 5.41) is 0. The van der Waals surface area contributed by atoms with Crippen LogP contribution in [-0.2, 0) is 0 Å². The number of Topliss-reactive ketones (excluding diaryl/α,β-unsaturated/α-hetero) is 1. The molecule has 1 aromatic heterocycles. The maximum Gasteiger partial charge on any atom is 0.231 e. The van der Waals surface area contributed by atoms with E-state index in [1.807, 2.05) is 48.5 Å². The van der Waals surface area contributed by atoms with E-state index >= 15 is 0 Å². The number of hydrogen-bond donors (Lipinski definition) is 0. The number of aromatic nitrogens is 1. The Morgan fingerprint density at radius 3 is 2.39 bits per heavy atom. The number of methoxy groups -OCH3 is 1. The van der Waals surface area contributed by atoms with Crippen molar-refractivity contribution in [1.29, 1.82) is 0 Å². The fraction of sp³-hybridized carbons (Fsp3) is 0.0769. The fourth-order valence-corrected chi connectivity index (χ4v) is 3.09. The van der Waals surface area contributed by atoms with Crippen molar-refractivity contribution < 1.29 is 18.7 Å². The van der Waals surface area contributed by atoms with Gasteiger partial charge in [-0.1, -0.05) is 36.9 Å². The second kappa shape index (κ2) is 9.13. The van der Waals surface area contributed by atoms with Crippen LogP contribution in [-0.4, -0.2) is 24.5 Å². The first kappa shape index (κ1) is 20.2. The molecule has 0 aliphatic heterocycles. The Morgan fingerprint density at radius 1 is 1.00 bits per heavy atom. The standard InChI is InChI=1S/C26H21NO4/c1-3-16-30-21-12-8-18(9-13-21)17-22(25(28)19-10-14-20(29-2)15-11-19)26-27-23-6-4-5-7-24(23)31-26/h3-15,17H,1,16H2,2H3. The van der Waals surface area contributed by atoms with E-state index < -0.39 is 0 Å². The van der Waals surface area contributed by atoms with Gasteiger partial charge in [0.2, 0.25) is 5.89 Å². The summed E-state index contributed by atoms with van der Waals surface area (Å²) < 4.78 is 16.6. The average molecular weight is 411 g/mol. The first-order chi connectivity index (χ1) is 15.2. The minimum Gasteiger partial charge on any atom is -0.497 e. The van der Waals surface area contributed by atoms with Crippen molar-refractivity contribution >= 4 is 28.5 Å². The molecule has 0 amide bonds. The van der Waals surface area contributed by atoms with Gasteiger partial charge >= 0.3 is 0 Å². The molecule has 0 aliphatic rings. The molecule has 0 atom stereocenters. The Kier molecular flexibility index (Phi) is 5.94. The lowest BCUT2D eigenvalue weighted by molar-refractivity contribution is 0.105. The molecule has 154 valence electrons.